The molecular weight excluding hydrogens is 857 g/mol. The van der Waals surface area contributed by atoms with Crippen LogP contribution in [0.15, 0.2) is 0 Å². The van der Waals surface area contributed by atoms with Crippen molar-refractivity contribution in [2.45, 2.75) is 335 Å². The predicted octanol–water partition coefficient (Wildman–Crippen LogP) is 19.3. The lowest BCUT2D eigenvalue weighted by atomic mass is 9.61. The van der Waals surface area contributed by atoms with Crippen LogP contribution >= 0.6 is 0 Å². The number of hydrogen-bond donors (Lipinski definition) is 0. The second kappa shape index (κ2) is 21.6. The predicted molar refractivity (Wildman–Crippen MR) is 301 cm³/mol. The van der Waals surface area contributed by atoms with Crippen LogP contribution in [0.25, 0.3) is 0 Å². The van der Waals surface area contributed by atoms with Crippen molar-refractivity contribution in [1.29, 1.82) is 0 Å². The molecule has 0 aromatic heterocycles. The molecule has 15 atom stereocenters. The average molecular weight is 976 g/mol. The number of fused-ring (bicyclic) bond motifs is 9. The summed E-state index contributed by atoms with van der Waals surface area (Å²) in [4.78, 5) is 7.03. The highest BCUT2D eigenvalue weighted by molar-refractivity contribution is 5.14. The maximum atomic E-state index is 3.54. The van der Waals surface area contributed by atoms with Gasteiger partial charge in [0.25, 0.3) is 0 Å². The van der Waals surface area contributed by atoms with Crippen molar-refractivity contribution in [2.75, 3.05) is 0 Å². The first-order valence-corrected chi connectivity index (χ1v) is 34.4. The molecule has 12 saturated carbocycles. The Balaban J connectivity index is 0.830. The van der Waals surface area contributed by atoms with Crippen LogP contribution in [0.1, 0.15) is 298 Å². The maximum absolute atomic E-state index is 3.54. The van der Waals surface area contributed by atoms with Crippen LogP contribution in [0, 0.1) is 99.1 Å². The highest BCUT2D eigenvalue weighted by Gasteiger charge is 2.64. The zero-order valence-corrected chi connectivity index (χ0v) is 48.2. The second-order valence-electron chi connectivity index (χ2n) is 30.0. The van der Waals surface area contributed by atoms with Gasteiger partial charge in [-0.2, -0.15) is 0 Å². The first-order chi connectivity index (χ1) is 34.9. The van der Waals surface area contributed by atoms with Gasteiger partial charge in [-0.25, -0.2) is 0 Å². The fourth-order valence-corrected chi connectivity index (χ4v) is 26.6. The van der Waals surface area contributed by atoms with Gasteiger partial charge in [-0.3, -0.25) is 9.80 Å². The van der Waals surface area contributed by atoms with Gasteiger partial charge in [0, 0.05) is 36.3 Å². The van der Waals surface area contributed by atoms with Gasteiger partial charge in [0.2, 0.25) is 0 Å². The van der Waals surface area contributed by atoms with E-state index in [-0.39, 0.29) is 0 Å². The lowest BCUT2D eigenvalue weighted by molar-refractivity contribution is -0.0603. The Labute approximate surface area is 441 Å². The zero-order valence-electron chi connectivity index (χ0n) is 48.2. The molecule has 12 aliphatic rings. The molecule has 15 unspecified atom stereocenters. The van der Waals surface area contributed by atoms with Crippen LogP contribution in [0.5, 0.6) is 0 Å². The van der Waals surface area contributed by atoms with Crippen molar-refractivity contribution in [3.8, 4) is 0 Å². The molecular formula is C69H118N2. The summed E-state index contributed by atoms with van der Waals surface area (Å²) in [5.74, 6) is 14.6. The molecule has 0 heterocycles. The van der Waals surface area contributed by atoms with Gasteiger partial charge >= 0.3 is 0 Å². The first-order valence-electron chi connectivity index (χ1n) is 34.4. The van der Waals surface area contributed by atoms with Crippen molar-refractivity contribution in [3.63, 3.8) is 0 Å². The number of hydrogen-bond acceptors (Lipinski definition) is 2. The summed E-state index contributed by atoms with van der Waals surface area (Å²) in [5.41, 5.74) is 1.91. The molecule has 12 rings (SSSR count). The van der Waals surface area contributed by atoms with E-state index in [1.807, 2.05) is 0 Å². The topological polar surface area (TPSA) is 6.48 Å². The third kappa shape index (κ3) is 8.58. The Morgan fingerprint density at radius 3 is 0.831 bits per heavy atom. The highest BCUT2D eigenvalue weighted by Crippen LogP contribution is 2.70. The summed E-state index contributed by atoms with van der Waals surface area (Å²) in [5, 5.41) is 0. The van der Waals surface area contributed by atoms with E-state index in [0.29, 0.717) is 16.2 Å². The molecule has 0 aliphatic heterocycles. The van der Waals surface area contributed by atoms with Gasteiger partial charge in [0.1, 0.15) is 0 Å². The Hall–Kier alpha value is -0.0800. The third-order valence-corrected chi connectivity index (χ3v) is 29.4. The molecule has 0 N–H and O–H groups in total. The van der Waals surface area contributed by atoms with Crippen molar-refractivity contribution in [3.05, 3.63) is 0 Å². The van der Waals surface area contributed by atoms with Gasteiger partial charge in [0.15, 0.2) is 0 Å². The standard InChI is InChI=1S/C69H118N2/c1-7-67(8-2)61-27-19-16-24-55(61)58-41-38-52(44-64(58)67)70(49-32-30-48(31-33-49)47-22-14-13-15-23-47)50-34-36-51(37-35-50)71(53-39-42-59-56-25-17-20-28-62(56)68(9-3,10-4)65(59)45-53)54-40-43-60-57-26-18-21-29-63(57)69(11-5,12-6)66(60)46-54/h47-66H,7-46H2,1-6H3. The molecule has 0 bridgehead atoms. The van der Waals surface area contributed by atoms with Gasteiger partial charge in [-0.05, 0) is 285 Å². The van der Waals surface area contributed by atoms with Crippen molar-refractivity contribution < 1.29 is 0 Å². The summed E-state index contributed by atoms with van der Waals surface area (Å²) in [6, 6.07) is 5.18. The molecule has 0 saturated heterocycles. The minimum atomic E-state index is 0.635. The molecule has 404 valence electrons. The normalized spacial score (nSPS) is 47.2. The Bertz CT molecular complexity index is 1640. The summed E-state index contributed by atoms with van der Waals surface area (Å²) < 4.78 is 0. The summed E-state index contributed by atoms with van der Waals surface area (Å²) in [6.07, 6.45) is 61.7. The highest BCUT2D eigenvalue weighted by atomic mass is 15.2. The molecule has 2 heteroatoms. The fraction of sp³-hybridized carbons (Fsp3) is 1.00. The van der Waals surface area contributed by atoms with Gasteiger partial charge in [-0.1, -0.05) is 112 Å². The summed E-state index contributed by atoms with van der Waals surface area (Å²) in [7, 11) is 0. The van der Waals surface area contributed by atoms with Crippen molar-refractivity contribution >= 4 is 0 Å². The molecule has 12 aliphatic carbocycles. The summed E-state index contributed by atoms with van der Waals surface area (Å²) >= 11 is 0. The Morgan fingerprint density at radius 2 is 0.493 bits per heavy atom. The SMILES string of the molecule is CCC1(CC)C2CCCCC2C2CCC(N(C3CCC(C4CCCCC4)CC3)C3CCC(N(C4CCC5C6CCCCC6C(CC)(CC)C5C4)C4CCC5C6CCCCC6C(CC)(CC)C5C4)CC3)CC21. The van der Waals surface area contributed by atoms with Crippen molar-refractivity contribution in [2.24, 2.45) is 99.1 Å². The lowest BCUT2D eigenvalue weighted by Crippen LogP contribution is -2.58. The Kier molecular flexibility index (Phi) is 15.7. The van der Waals surface area contributed by atoms with Crippen molar-refractivity contribution in [1.82, 2.24) is 9.80 Å². The van der Waals surface area contributed by atoms with E-state index in [9.17, 15) is 0 Å². The maximum Gasteiger partial charge on any atom is 0.0104 e. The Morgan fingerprint density at radius 1 is 0.239 bits per heavy atom. The van der Waals surface area contributed by atoms with Gasteiger partial charge in [-0.15, -0.1) is 0 Å². The minimum Gasteiger partial charge on any atom is -0.294 e. The number of rotatable bonds is 13. The van der Waals surface area contributed by atoms with E-state index in [2.05, 4.69) is 51.3 Å². The lowest BCUT2D eigenvalue weighted by Gasteiger charge is -2.56. The third-order valence-electron chi connectivity index (χ3n) is 29.4. The van der Waals surface area contributed by atoms with E-state index in [4.69, 9.17) is 0 Å². The molecule has 2 nitrogen and oxygen atoms in total. The molecule has 0 spiro atoms. The molecule has 71 heavy (non-hydrogen) atoms. The van der Waals surface area contributed by atoms with Crippen LogP contribution in [0.2, 0.25) is 0 Å². The minimum absolute atomic E-state index is 0.635. The molecule has 0 aromatic carbocycles. The molecule has 0 aromatic rings. The van der Waals surface area contributed by atoms with Crippen LogP contribution in [0.4, 0.5) is 0 Å². The van der Waals surface area contributed by atoms with E-state index in [1.54, 1.807) is 135 Å². The van der Waals surface area contributed by atoms with Gasteiger partial charge < -0.3 is 0 Å². The quantitative estimate of drug-likeness (QED) is 0.181. The molecule has 0 amide bonds. The first kappa shape index (κ1) is 51.7. The smallest absolute Gasteiger partial charge is 0.0104 e. The fourth-order valence-electron chi connectivity index (χ4n) is 26.6. The van der Waals surface area contributed by atoms with Crippen LogP contribution in [-0.4, -0.2) is 46.1 Å². The van der Waals surface area contributed by atoms with Gasteiger partial charge in [0.05, 0.1) is 0 Å². The van der Waals surface area contributed by atoms with E-state index in [1.165, 1.54) is 122 Å². The second-order valence-corrected chi connectivity index (χ2v) is 30.0. The molecule has 0 radical (unpaired) electrons. The van der Waals surface area contributed by atoms with E-state index >= 15 is 0 Å². The monoisotopic (exact) mass is 975 g/mol. The number of nitrogens with zero attached hydrogens (tertiary/aromatic N) is 2. The largest absolute Gasteiger partial charge is 0.294 e. The molecule has 12 fully saturated rings. The van der Waals surface area contributed by atoms with Crippen LogP contribution in [0.3, 0.4) is 0 Å². The summed E-state index contributed by atoms with van der Waals surface area (Å²) in [6.45, 7) is 16.0. The van der Waals surface area contributed by atoms with E-state index in [0.717, 1.165) is 119 Å². The van der Waals surface area contributed by atoms with E-state index < -0.39 is 0 Å². The average Bonchev–Trinajstić information content (AvgIpc) is 4.00. The van der Waals surface area contributed by atoms with Crippen LogP contribution in [-0.2, 0) is 0 Å². The van der Waals surface area contributed by atoms with Crippen LogP contribution < -0.4 is 0 Å². The zero-order chi connectivity index (χ0) is 48.5.